The van der Waals surface area contributed by atoms with Crippen LogP contribution < -0.4 is 5.32 Å². The number of pyridine rings is 1. The molecule has 94 valence electrons. The third kappa shape index (κ3) is 2.40. The van der Waals surface area contributed by atoms with Crippen molar-refractivity contribution in [1.82, 2.24) is 4.98 Å². The molecule has 0 aromatic carbocycles. The Kier molecular flexibility index (Phi) is 3.31. The van der Waals surface area contributed by atoms with E-state index >= 15 is 0 Å². The van der Waals surface area contributed by atoms with Crippen molar-refractivity contribution in [2.75, 3.05) is 11.9 Å². The fourth-order valence-corrected chi connectivity index (χ4v) is 2.51. The molecule has 1 aliphatic carbocycles. The zero-order valence-corrected chi connectivity index (χ0v) is 10.5. The lowest BCUT2D eigenvalue weighted by Crippen LogP contribution is -2.05. The molecule has 0 radical (unpaired) electrons. The predicted molar refractivity (Wildman–Crippen MR) is 73.7 cm³/mol. The molecule has 0 saturated carbocycles. The molecule has 0 aliphatic heterocycles. The van der Waals surface area contributed by atoms with E-state index in [-0.39, 0.29) is 0 Å². The first-order valence-electron chi connectivity index (χ1n) is 6.67. The number of anilines is 1. The lowest BCUT2D eigenvalue weighted by Gasteiger charge is -2.13. The summed E-state index contributed by atoms with van der Waals surface area (Å²) in [4.78, 5) is 4.37. The maximum atomic E-state index is 5.36. The van der Waals surface area contributed by atoms with Gasteiger partial charge in [0.2, 0.25) is 0 Å². The number of aromatic nitrogens is 1. The van der Waals surface area contributed by atoms with E-state index in [4.69, 9.17) is 4.42 Å². The molecule has 0 unspecified atom stereocenters. The Morgan fingerprint density at radius 1 is 1.28 bits per heavy atom. The highest BCUT2D eigenvalue weighted by atomic mass is 16.3. The van der Waals surface area contributed by atoms with Gasteiger partial charge in [-0.3, -0.25) is 0 Å². The number of allylic oxidation sites excluding steroid dienone is 1. The average molecular weight is 242 g/mol. The van der Waals surface area contributed by atoms with Crippen LogP contribution >= 0.6 is 0 Å². The standard InChI is InChI=1S/C15H18N2O/c1-2-4-12(5-3-1)6-9-16-15-13-8-11-18-14(13)7-10-17-15/h4,7-8,10-11H,1-3,5-6,9H2,(H,16,17). The Hall–Kier alpha value is -1.77. The first kappa shape index (κ1) is 11.3. The normalized spacial score (nSPS) is 15.7. The molecule has 1 N–H and O–H groups in total. The highest BCUT2D eigenvalue weighted by Crippen LogP contribution is 2.23. The molecular weight excluding hydrogens is 224 g/mol. The lowest BCUT2D eigenvalue weighted by molar-refractivity contribution is 0.615. The third-order valence-corrected chi connectivity index (χ3v) is 3.50. The van der Waals surface area contributed by atoms with Gasteiger partial charge in [0.15, 0.2) is 0 Å². The van der Waals surface area contributed by atoms with Crippen LogP contribution in [0.5, 0.6) is 0 Å². The van der Waals surface area contributed by atoms with Gasteiger partial charge in [0.1, 0.15) is 11.4 Å². The molecule has 3 rings (SSSR count). The van der Waals surface area contributed by atoms with Gasteiger partial charge in [-0.1, -0.05) is 11.6 Å². The molecule has 0 bridgehead atoms. The van der Waals surface area contributed by atoms with Crippen molar-refractivity contribution in [3.05, 3.63) is 36.2 Å². The Morgan fingerprint density at radius 2 is 2.28 bits per heavy atom. The molecule has 0 amide bonds. The number of fused-ring (bicyclic) bond motifs is 1. The van der Waals surface area contributed by atoms with Crippen molar-refractivity contribution in [3.8, 4) is 0 Å². The SMILES string of the molecule is C1=C(CCNc2nccc3occc23)CCCC1. The average Bonchev–Trinajstić information content (AvgIpc) is 2.89. The first-order valence-corrected chi connectivity index (χ1v) is 6.67. The summed E-state index contributed by atoms with van der Waals surface area (Å²) in [5.41, 5.74) is 2.48. The van der Waals surface area contributed by atoms with E-state index in [1.807, 2.05) is 12.1 Å². The third-order valence-electron chi connectivity index (χ3n) is 3.50. The van der Waals surface area contributed by atoms with Gasteiger partial charge < -0.3 is 9.73 Å². The van der Waals surface area contributed by atoms with Gasteiger partial charge >= 0.3 is 0 Å². The first-order chi connectivity index (χ1) is 8.93. The van der Waals surface area contributed by atoms with E-state index in [1.165, 1.54) is 25.7 Å². The van der Waals surface area contributed by atoms with Crippen LogP contribution in [0.25, 0.3) is 11.0 Å². The van der Waals surface area contributed by atoms with Gasteiger partial charge in [-0.05, 0) is 44.2 Å². The molecular formula is C15H18N2O. The van der Waals surface area contributed by atoms with Crippen LogP contribution in [-0.2, 0) is 0 Å². The van der Waals surface area contributed by atoms with Crippen LogP contribution in [0.1, 0.15) is 32.1 Å². The van der Waals surface area contributed by atoms with Gasteiger partial charge in [-0.25, -0.2) is 4.98 Å². The summed E-state index contributed by atoms with van der Waals surface area (Å²) < 4.78 is 5.36. The lowest BCUT2D eigenvalue weighted by atomic mass is 9.97. The van der Waals surface area contributed by atoms with Crippen molar-refractivity contribution in [2.24, 2.45) is 0 Å². The highest BCUT2D eigenvalue weighted by molar-refractivity contribution is 5.87. The monoisotopic (exact) mass is 242 g/mol. The van der Waals surface area contributed by atoms with E-state index in [0.29, 0.717) is 0 Å². The maximum absolute atomic E-state index is 5.36. The van der Waals surface area contributed by atoms with Crippen molar-refractivity contribution in [2.45, 2.75) is 32.1 Å². The van der Waals surface area contributed by atoms with Crippen LogP contribution in [0.15, 0.2) is 40.7 Å². The van der Waals surface area contributed by atoms with Gasteiger partial charge in [0.05, 0.1) is 11.6 Å². The van der Waals surface area contributed by atoms with E-state index in [9.17, 15) is 0 Å². The molecule has 18 heavy (non-hydrogen) atoms. The molecule has 0 spiro atoms. The number of nitrogens with one attached hydrogen (secondary N) is 1. The Morgan fingerprint density at radius 3 is 3.17 bits per heavy atom. The zero-order valence-electron chi connectivity index (χ0n) is 10.5. The number of furan rings is 1. The summed E-state index contributed by atoms with van der Waals surface area (Å²) >= 11 is 0. The Labute approximate surface area is 107 Å². The Balaban J connectivity index is 1.62. The van der Waals surface area contributed by atoms with Crippen LogP contribution in [0.4, 0.5) is 5.82 Å². The van der Waals surface area contributed by atoms with E-state index in [2.05, 4.69) is 16.4 Å². The fourth-order valence-electron chi connectivity index (χ4n) is 2.51. The van der Waals surface area contributed by atoms with Crippen molar-refractivity contribution in [3.63, 3.8) is 0 Å². The van der Waals surface area contributed by atoms with Gasteiger partial charge in [-0.2, -0.15) is 0 Å². The van der Waals surface area contributed by atoms with Crippen LogP contribution in [0.2, 0.25) is 0 Å². The Bertz CT molecular complexity index is 556. The minimum Gasteiger partial charge on any atom is -0.464 e. The molecule has 0 atom stereocenters. The van der Waals surface area contributed by atoms with Crippen LogP contribution in [-0.4, -0.2) is 11.5 Å². The predicted octanol–water partition coefficient (Wildman–Crippen LogP) is 4.13. The van der Waals surface area contributed by atoms with Crippen molar-refractivity contribution in [1.29, 1.82) is 0 Å². The molecule has 3 heteroatoms. The molecule has 3 nitrogen and oxygen atoms in total. The molecule has 0 fully saturated rings. The highest BCUT2D eigenvalue weighted by Gasteiger charge is 2.06. The fraction of sp³-hybridized carbons (Fsp3) is 0.400. The number of hydrogen-bond acceptors (Lipinski definition) is 3. The summed E-state index contributed by atoms with van der Waals surface area (Å²) in [6.07, 6.45) is 12.2. The molecule has 2 heterocycles. The number of nitrogens with zero attached hydrogens (tertiary/aromatic N) is 1. The van der Waals surface area contributed by atoms with Gasteiger partial charge in [0, 0.05) is 12.7 Å². The topological polar surface area (TPSA) is 38.1 Å². The van der Waals surface area contributed by atoms with Gasteiger partial charge in [-0.15, -0.1) is 0 Å². The van der Waals surface area contributed by atoms with E-state index in [1.54, 1.807) is 18.0 Å². The number of rotatable bonds is 4. The molecule has 0 saturated heterocycles. The molecule has 2 aromatic rings. The van der Waals surface area contributed by atoms with E-state index < -0.39 is 0 Å². The summed E-state index contributed by atoms with van der Waals surface area (Å²) in [7, 11) is 0. The van der Waals surface area contributed by atoms with Crippen LogP contribution in [0.3, 0.4) is 0 Å². The van der Waals surface area contributed by atoms with E-state index in [0.717, 1.165) is 29.8 Å². The largest absolute Gasteiger partial charge is 0.464 e. The number of hydrogen-bond donors (Lipinski definition) is 1. The van der Waals surface area contributed by atoms with Gasteiger partial charge in [0.25, 0.3) is 0 Å². The summed E-state index contributed by atoms with van der Waals surface area (Å²) in [6.45, 7) is 0.948. The zero-order chi connectivity index (χ0) is 12.2. The van der Waals surface area contributed by atoms with Crippen LogP contribution in [0, 0.1) is 0 Å². The molecule has 2 aromatic heterocycles. The molecule has 1 aliphatic rings. The second-order valence-electron chi connectivity index (χ2n) is 4.78. The maximum Gasteiger partial charge on any atom is 0.139 e. The summed E-state index contributed by atoms with van der Waals surface area (Å²) in [6, 6.07) is 3.86. The second-order valence-corrected chi connectivity index (χ2v) is 4.78. The second kappa shape index (κ2) is 5.25. The quantitative estimate of drug-likeness (QED) is 0.819. The smallest absolute Gasteiger partial charge is 0.139 e. The minimum atomic E-state index is 0.893. The summed E-state index contributed by atoms with van der Waals surface area (Å²) in [5.74, 6) is 0.928. The summed E-state index contributed by atoms with van der Waals surface area (Å²) in [5, 5.41) is 4.47. The van der Waals surface area contributed by atoms with Crippen molar-refractivity contribution < 1.29 is 4.42 Å². The van der Waals surface area contributed by atoms with Crippen molar-refractivity contribution >= 4 is 16.8 Å². The minimum absolute atomic E-state index is 0.893.